The third-order valence-corrected chi connectivity index (χ3v) is 5.38. The van der Waals surface area contributed by atoms with Gasteiger partial charge < -0.3 is 10.1 Å². The summed E-state index contributed by atoms with van der Waals surface area (Å²) in [5.74, 6) is 1.38. The summed E-state index contributed by atoms with van der Waals surface area (Å²) in [6, 6.07) is 12.3. The zero-order valence-corrected chi connectivity index (χ0v) is 16.6. The van der Waals surface area contributed by atoms with Crippen LogP contribution in [0.4, 0.5) is 5.82 Å². The predicted octanol–water partition coefficient (Wildman–Crippen LogP) is 5.37. The Morgan fingerprint density at radius 3 is 2.64 bits per heavy atom. The molecule has 0 unspecified atom stereocenters. The topological polar surface area (TPSA) is 55.6 Å². The number of aryl methyl sites for hydroxylation is 1. The van der Waals surface area contributed by atoms with E-state index in [2.05, 4.69) is 35.0 Å². The highest BCUT2D eigenvalue weighted by Gasteiger charge is 2.19. The van der Waals surface area contributed by atoms with Crippen LogP contribution in [0.15, 0.2) is 42.6 Å². The number of benzene rings is 1. The second kappa shape index (κ2) is 8.05. The van der Waals surface area contributed by atoms with Gasteiger partial charge in [0.2, 0.25) is 0 Å². The van der Waals surface area contributed by atoms with Crippen molar-refractivity contribution in [1.82, 2.24) is 9.38 Å². The van der Waals surface area contributed by atoms with Gasteiger partial charge in [-0.25, -0.2) is 4.98 Å². The Morgan fingerprint density at radius 2 is 1.93 bits per heavy atom. The van der Waals surface area contributed by atoms with Crippen LogP contribution in [0, 0.1) is 6.92 Å². The van der Waals surface area contributed by atoms with E-state index in [0.29, 0.717) is 18.2 Å². The van der Waals surface area contributed by atoms with Crippen molar-refractivity contribution in [3.05, 3.63) is 48.2 Å². The van der Waals surface area contributed by atoms with Crippen LogP contribution in [-0.2, 0) is 4.79 Å². The largest absolute Gasteiger partial charge is 0.427 e. The zero-order valence-electron chi connectivity index (χ0n) is 16.6. The number of aromatic nitrogens is 2. The van der Waals surface area contributed by atoms with Gasteiger partial charge in [-0.05, 0) is 61.7 Å². The number of nitrogens with zero attached hydrogens (tertiary/aromatic N) is 2. The number of hydrogen-bond donors (Lipinski definition) is 1. The Bertz CT molecular complexity index is 969. The number of ether oxygens (including phenoxy) is 1. The van der Waals surface area contributed by atoms with Gasteiger partial charge >= 0.3 is 5.97 Å². The Kier molecular flexibility index (Phi) is 5.33. The monoisotopic (exact) mass is 377 g/mol. The fourth-order valence-electron chi connectivity index (χ4n) is 3.81. The Hall–Kier alpha value is -2.82. The molecule has 1 aromatic carbocycles. The third kappa shape index (κ3) is 3.88. The first kappa shape index (κ1) is 18.5. The van der Waals surface area contributed by atoms with Crippen molar-refractivity contribution in [2.24, 2.45) is 0 Å². The van der Waals surface area contributed by atoms with Gasteiger partial charge in [0.25, 0.3) is 0 Å². The van der Waals surface area contributed by atoms with E-state index in [0.717, 1.165) is 22.7 Å². The number of esters is 1. The summed E-state index contributed by atoms with van der Waals surface area (Å²) in [7, 11) is 0. The molecular weight excluding hydrogens is 350 g/mol. The molecule has 0 radical (unpaired) electrons. The molecular formula is C23H27N3O2. The van der Waals surface area contributed by atoms with Crippen molar-refractivity contribution in [2.75, 3.05) is 5.32 Å². The second-order valence-electron chi connectivity index (χ2n) is 7.57. The van der Waals surface area contributed by atoms with E-state index in [9.17, 15) is 4.79 Å². The molecule has 0 atom stereocenters. The van der Waals surface area contributed by atoms with E-state index >= 15 is 0 Å². The van der Waals surface area contributed by atoms with Crippen LogP contribution in [-0.4, -0.2) is 21.4 Å². The van der Waals surface area contributed by atoms with Crippen LogP contribution in [0.2, 0.25) is 0 Å². The van der Waals surface area contributed by atoms with Gasteiger partial charge in [0.1, 0.15) is 22.9 Å². The summed E-state index contributed by atoms with van der Waals surface area (Å²) in [5.41, 5.74) is 4.07. The molecule has 0 spiro atoms. The van der Waals surface area contributed by atoms with Crippen LogP contribution in [0.5, 0.6) is 5.75 Å². The Morgan fingerprint density at radius 1 is 1.18 bits per heavy atom. The van der Waals surface area contributed by atoms with Crippen molar-refractivity contribution < 1.29 is 9.53 Å². The molecule has 2 heterocycles. The summed E-state index contributed by atoms with van der Waals surface area (Å²) in [6.45, 7) is 3.87. The zero-order chi connectivity index (χ0) is 19.5. The smallest absolute Gasteiger partial charge is 0.310 e. The van der Waals surface area contributed by atoms with Crippen molar-refractivity contribution in [2.45, 2.75) is 58.4 Å². The molecule has 0 amide bonds. The average molecular weight is 377 g/mol. The third-order valence-electron chi connectivity index (χ3n) is 5.38. The molecule has 4 rings (SSSR count). The van der Waals surface area contributed by atoms with E-state index < -0.39 is 0 Å². The highest BCUT2D eigenvalue weighted by Crippen LogP contribution is 2.32. The molecule has 146 valence electrons. The molecule has 5 nitrogen and oxygen atoms in total. The lowest BCUT2D eigenvalue weighted by Gasteiger charge is -2.24. The minimum absolute atomic E-state index is 0.226. The van der Waals surface area contributed by atoms with Gasteiger partial charge in [0.05, 0.1) is 0 Å². The normalized spacial score (nSPS) is 14.9. The maximum atomic E-state index is 11.5. The number of hydrogen-bond acceptors (Lipinski definition) is 4. The summed E-state index contributed by atoms with van der Waals surface area (Å²) >= 11 is 0. The lowest BCUT2D eigenvalue weighted by atomic mass is 9.95. The molecule has 1 fully saturated rings. The number of rotatable bonds is 5. The molecule has 1 N–H and O–H groups in total. The number of carbonyl (C=O) groups is 1. The number of pyridine rings is 1. The minimum atomic E-state index is -0.226. The SMILES string of the molecule is CCC(=O)Oc1ccc(-c2nc3cc(C)ccn3c2NC2CCCCC2)cc1. The highest BCUT2D eigenvalue weighted by atomic mass is 16.5. The van der Waals surface area contributed by atoms with Crippen LogP contribution in [0.25, 0.3) is 16.9 Å². The van der Waals surface area contributed by atoms with Gasteiger partial charge in [-0.1, -0.05) is 26.2 Å². The van der Waals surface area contributed by atoms with Crippen LogP contribution in [0.1, 0.15) is 51.0 Å². The van der Waals surface area contributed by atoms with Crippen LogP contribution in [0.3, 0.4) is 0 Å². The maximum Gasteiger partial charge on any atom is 0.310 e. The van der Waals surface area contributed by atoms with Crippen LogP contribution < -0.4 is 10.1 Å². The summed E-state index contributed by atoms with van der Waals surface area (Å²) in [6.07, 6.45) is 8.73. The number of anilines is 1. The maximum absolute atomic E-state index is 11.5. The lowest BCUT2D eigenvalue weighted by molar-refractivity contribution is -0.134. The molecule has 0 aliphatic heterocycles. The molecule has 1 saturated carbocycles. The molecule has 3 aromatic rings. The molecule has 0 saturated heterocycles. The van der Waals surface area contributed by atoms with Gasteiger partial charge in [-0.3, -0.25) is 9.20 Å². The first-order valence-corrected chi connectivity index (χ1v) is 10.2. The molecule has 1 aliphatic carbocycles. The molecule has 1 aliphatic rings. The number of carbonyl (C=O) groups excluding carboxylic acids is 1. The lowest BCUT2D eigenvalue weighted by Crippen LogP contribution is -2.23. The first-order valence-electron chi connectivity index (χ1n) is 10.2. The summed E-state index contributed by atoms with van der Waals surface area (Å²) in [4.78, 5) is 16.4. The van der Waals surface area contributed by atoms with E-state index in [1.54, 1.807) is 6.92 Å². The average Bonchev–Trinajstić information content (AvgIpc) is 3.06. The van der Waals surface area contributed by atoms with Gasteiger partial charge in [-0.15, -0.1) is 0 Å². The van der Waals surface area contributed by atoms with E-state index in [1.807, 2.05) is 24.3 Å². The van der Waals surface area contributed by atoms with E-state index in [1.165, 1.54) is 37.7 Å². The molecule has 2 aromatic heterocycles. The Balaban J connectivity index is 1.70. The number of imidazole rings is 1. The van der Waals surface area contributed by atoms with Gasteiger partial charge in [-0.2, -0.15) is 0 Å². The highest BCUT2D eigenvalue weighted by molar-refractivity contribution is 5.78. The molecule has 5 heteroatoms. The quantitative estimate of drug-likeness (QED) is 0.480. The number of fused-ring (bicyclic) bond motifs is 1. The standard InChI is InChI=1S/C23H27N3O2/c1-3-21(27)28-19-11-9-17(10-12-19)22-23(24-18-7-5-4-6-8-18)26-14-13-16(2)15-20(26)25-22/h9-15,18,24H,3-8H2,1-2H3. The van der Waals surface area contributed by atoms with Crippen molar-refractivity contribution >= 4 is 17.4 Å². The predicted molar refractivity (Wildman–Crippen MR) is 112 cm³/mol. The fraction of sp³-hybridized carbons (Fsp3) is 0.391. The van der Waals surface area contributed by atoms with E-state index in [-0.39, 0.29) is 5.97 Å². The van der Waals surface area contributed by atoms with Gasteiger partial charge in [0.15, 0.2) is 0 Å². The molecule has 28 heavy (non-hydrogen) atoms. The molecule has 0 bridgehead atoms. The first-order chi connectivity index (χ1) is 13.6. The van der Waals surface area contributed by atoms with Crippen LogP contribution >= 0.6 is 0 Å². The summed E-state index contributed by atoms with van der Waals surface area (Å²) in [5, 5.41) is 3.76. The van der Waals surface area contributed by atoms with Crippen molar-refractivity contribution in [3.63, 3.8) is 0 Å². The van der Waals surface area contributed by atoms with Gasteiger partial charge in [0, 0.05) is 24.2 Å². The number of nitrogens with one attached hydrogen (secondary N) is 1. The minimum Gasteiger partial charge on any atom is -0.427 e. The second-order valence-corrected chi connectivity index (χ2v) is 7.57. The van der Waals surface area contributed by atoms with Crippen molar-refractivity contribution in [3.8, 4) is 17.0 Å². The van der Waals surface area contributed by atoms with Crippen molar-refractivity contribution in [1.29, 1.82) is 0 Å². The Labute approximate surface area is 165 Å². The fourth-order valence-corrected chi connectivity index (χ4v) is 3.81. The van der Waals surface area contributed by atoms with E-state index in [4.69, 9.17) is 9.72 Å². The summed E-state index contributed by atoms with van der Waals surface area (Å²) < 4.78 is 7.44.